The molecule has 7 heteroatoms. The lowest BCUT2D eigenvalue weighted by molar-refractivity contribution is -0.126. The average Bonchev–Trinajstić information content (AvgIpc) is 2.88. The first-order chi connectivity index (χ1) is 9.45. The number of nitrogens with zero attached hydrogens (tertiary/aromatic N) is 2. The summed E-state index contributed by atoms with van der Waals surface area (Å²) in [6.45, 7) is 5.03. The van der Waals surface area contributed by atoms with Crippen LogP contribution in [-0.2, 0) is 9.53 Å². The van der Waals surface area contributed by atoms with Crippen LogP contribution < -0.4 is 11.1 Å². The molecule has 0 aliphatic carbocycles. The van der Waals surface area contributed by atoms with Crippen molar-refractivity contribution in [2.24, 2.45) is 11.1 Å². The summed E-state index contributed by atoms with van der Waals surface area (Å²) in [5.41, 5.74) is 5.65. The smallest absolute Gasteiger partial charge is 0.237 e. The summed E-state index contributed by atoms with van der Waals surface area (Å²) in [6, 6.07) is 0.244. The largest absolute Gasteiger partial charge is 0.392 e. The molecular formula is C13H20N4O2S. The Morgan fingerprint density at radius 3 is 2.70 bits per heavy atom. The molecule has 110 valence electrons. The number of carbonyl (C=O) groups excluding carboxylic acids is 1. The molecule has 1 aromatic rings. The first-order valence-corrected chi connectivity index (χ1v) is 7.10. The van der Waals surface area contributed by atoms with Gasteiger partial charge >= 0.3 is 0 Å². The van der Waals surface area contributed by atoms with Crippen molar-refractivity contribution < 1.29 is 9.53 Å². The Hall–Kier alpha value is -1.47. The molecule has 1 aromatic heterocycles. The summed E-state index contributed by atoms with van der Waals surface area (Å²) in [4.78, 5) is 12.8. The van der Waals surface area contributed by atoms with Crippen LogP contribution in [-0.4, -0.2) is 33.9 Å². The molecule has 2 heterocycles. The van der Waals surface area contributed by atoms with E-state index in [2.05, 4.69) is 10.4 Å². The number of rotatable bonds is 4. The number of carbonyl (C=O) groups is 1. The SMILES string of the molecule is CC(C)n1cc(NC(=O)C2(C(N)=S)CCOCC2)cn1. The van der Waals surface area contributed by atoms with Crippen LogP contribution in [0.2, 0.25) is 0 Å². The number of anilines is 1. The maximum atomic E-state index is 12.5. The van der Waals surface area contributed by atoms with Gasteiger partial charge in [-0.05, 0) is 26.7 Å². The van der Waals surface area contributed by atoms with Crippen LogP contribution in [0.5, 0.6) is 0 Å². The van der Waals surface area contributed by atoms with Gasteiger partial charge in [-0.1, -0.05) is 12.2 Å². The molecule has 1 fully saturated rings. The minimum Gasteiger partial charge on any atom is -0.392 e. The van der Waals surface area contributed by atoms with E-state index in [0.717, 1.165) is 0 Å². The minimum absolute atomic E-state index is 0.170. The Labute approximate surface area is 123 Å². The molecule has 0 aromatic carbocycles. The normalized spacial score (nSPS) is 17.9. The van der Waals surface area contributed by atoms with Crippen LogP contribution in [0.3, 0.4) is 0 Å². The second-order valence-corrected chi connectivity index (χ2v) is 5.76. The van der Waals surface area contributed by atoms with Crippen molar-refractivity contribution in [2.45, 2.75) is 32.7 Å². The zero-order valence-electron chi connectivity index (χ0n) is 11.8. The molecule has 0 saturated carbocycles. The first kappa shape index (κ1) is 14.9. The van der Waals surface area contributed by atoms with Gasteiger partial charge in [-0.2, -0.15) is 5.10 Å². The van der Waals surface area contributed by atoms with Gasteiger partial charge in [-0.25, -0.2) is 0 Å². The number of aromatic nitrogens is 2. The molecule has 0 spiro atoms. The van der Waals surface area contributed by atoms with E-state index in [-0.39, 0.29) is 16.9 Å². The van der Waals surface area contributed by atoms with Gasteiger partial charge in [0.1, 0.15) is 5.41 Å². The van der Waals surface area contributed by atoms with Crippen molar-refractivity contribution in [3.05, 3.63) is 12.4 Å². The summed E-state index contributed by atoms with van der Waals surface area (Å²) in [6.07, 6.45) is 4.47. The molecule has 6 nitrogen and oxygen atoms in total. The lowest BCUT2D eigenvalue weighted by Crippen LogP contribution is -2.49. The van der Waals surface area contributed by atoms with Crippen molar-refractivity contribution >= 4 is 28.8 Å². The van der Waals surface area contributed by atoms with Gasteiger partial charge in [-0.15, -0.1) is 0 Å². The second kappa shape index (κ2) is 5.88. The topological polar surface area (TPSA) is 82.2 Å². The number of nitrogens with one attached hydrogen (secondary N) is 1. The minimum atomic E-state index is -0.812. The lowest BCUT2D eigenvalue weighted by Gasteiger charge is -2.34. The predicted molar refractivity (Wildman–Crippen MR) is 80.5 cm³/mol. The van der Waals surface area contributed by atoms with E-state index in [1.54, 1.807) is 17.1 Å². The molecule has 2 rings (SSSR count). The number of ether oxygens (including phenoxy) is 1. The Morgan fingerprint density at radius 2 is 2.20 bits per heavy atom. The fraction of sp³-hybridized carbons (Fsp3) is 0.615. The fourth-order valence-corrected chi connectivity index (χ4v) is 2.54. The van der Waals surface area contributed by atoms with Crippen LogP contribution in [0, 0.1) is 5.41 Å². The predicted octanol–water partition coefficient (Wildman–Crippen LogP) is 1.49. The zero-order chi connectivity index (χ0) is 14.8. The third-order valence-electron chi connectivity index (χ3n) is 3.64. The number of hydrogen-bond acceptors (Lipinski definition) is 4. The van der Waals surface area contributed by atoms with Gasteiger partial charge in [0.05, 0.1) is 16.9 Å². The molecule has 0 atom stereocenters. The molecule has 0 radical (unpaired) electrons. The maximum Gasteiger partial charge on any atom is 0.237 e. The van der Waals surface area contributed by atoms with Crippen molar-refractivity contribution in [3.8, 4) is 0 Å². The second-order valence-electron chi connectivity index (χ2n) is 5.32. The van der Waals surface area contributed by atoms with Gasteiger partial charge in [0.15, 0.2) is 0 Å². The molecule has 0 unspecified atom stereocenters. The molecule has 1 aliphatic heterocycles. The van der Waals surface area contributed by atoms with E-state index in [4.69, 9.17) is 22.7 Å². The van der Waals surface area contributed by atoms with E-state index in [1.807, 2.05) is 13.8 Å². The van der Waals surface area contributed by atoms with Gasteiger partial charge in [0, 0.05) is 25.5 Å². The monoisotopic (exact) mass is 296 g/mol. The van der Waals surface area contributed by atoms with Gasteiger partial charge < -0.3 is 15.8 Å². The number of hydrogen-bond donors (Lipinski definition) is 2. The zero-order valence-corrected chi connectivity index (χ0v) is 12.6. The average molecular weight is 296 g/mol. The van der Waals surface area contributed by atoms with Crippen LogP contribution >= 0.6 is 12.2 Å². The summed E-state index contributed by atoms with van der Waals surface area (Å²) in [5.74, 6) is -0.170. The van der Waals surface area contributed by atoms with Crippen LogP contribution in [0.15, 0.2) is 12.4 Å². The van der Waals surface area contributed by atoms with Crippen molar-refractivity contribution in [2.75, 3.05) is 18.5 Å². The Balaban J connectivity index is 2.14. The maximum absolute atomic E-state index is 12.5. The Morgan fingerprint density at radius 1 is 1.55 bits per heavy atom. The molecule has 1 amide bonds. The van der Waals surface area contributed by atoms with Gasteiger partial charge in [-0.3, -0.25) is 9.48 Å². The lowest BCUT2D eigenvalue weighted by atomic mass is 9.79. The summed E-state index contributed by atoms with van der Waals surface area (Å²) in [5, 5.41) is 7.06. The van der Waals surface area contributed by atoms with Gasteiger partial charge in [0.25, 0.3) is 0 Å². The van der Waals surface area contributed by atoms with Crippen LogP contribution in [0.25, 0.3) is 0 Å². The highest BCUT2D eigenvalue weighted by Crippen LogP contribution is 2.32. The quantitative estimate of drug-likeness (QED) is 0.823. The van der Waals surface area contributed by atoms with Crippen molar-refractivity contribution in [1.82, 2.24) is 9.78 Å². The fourth-order valence-electron chi connectivity index (χ4n) is 2.24. The number of nitrogens with two attached hydrogens (primary N) is 1. The summed E-state index contributed by atoms with van der Waals surface area (Å²) in [7, 11) is 0. The van der Waals surface area contributed by atoms with E-state index < -0.39 is 5.41 Å². The third kappa shape index (κ3) is 2.83. The van der Waals surface area contributed by atoms with E-state index in [9.17, 15) is 4.79 Å². The van der Waals surface area contributed by atoms with E-state index in [0.29, 0.717) is 31.7 Å². The van der Waals surface area contributed by atoms with E-state index in [1.165, 1.54) is 0 Å². The highest BCUT2D eigenvalue weighted by molar-refractivity contribution is 7.80. The molecule has 3 N–H and O–H groups in total. The molecular weight excluding hydrogens is 276 g/mol. The highest BCUT2D eigenvalue weighted by Gasteiger charge is 2.43. The first-order valence-electron chi connectivity index (χ1n) is 6.69. The molecule has 20 heavy (non-hydrogen) atoms. The molecule has 0 bridgehead atoms. The standard InChI is InChI=1S/C13H20N4O2S/c1-9(2)17-8-10(7-15-17)16-12(18)13(11(14)20)3-5-19-6-4-13/h7-9H,3-6H2,1-2H3,(H2,14,20)(H,16,18). The van der Waals surface area contributed by atoms with Crippen molar-refractivity contribution in [3.63, 3.8) is 0 Å². The number of thiocarbonyl (C=S) groups is 1. The summed E-state index contributed by atoms with van der Waals surface area (Å²) >= 11 is 5.11. The Kier molecular flexibility index (Phi) is 4.39. The van der Waals surface area contributed by atoms with Gasteiger partial charge in [0.2, 0.25) is 5.91 Å². The molecule has 1 saturated heterocycles. The molecule has 1 aliphatic rings. The van der Waals surface area contributed by atoms with E-state index >= 15 is 0 Å². The number of amides is 1. The third-order valence-corrected chi connectivity index (χ3v) is 4.03. The van der Waals surface area contributed by atoms with Crippen molar-refractivity contribution in [1.29, 1.82) is 0 Å². The Bertz CT molecular complexity index is 506. The highest BCUT2D eigenvalue weighted by atomic mass is 32.1. The van der Waals surface area contributed by atoms with Crippen LogP contribution in [0.4, 0.5) is 5.69 Å². The summed E-state index contributed by atoms with van der Waals surface area (Å²) < 4.78 is 7.08. The van der Waals surface area contributed by atoms with Crippen LogP contribution in [0.1, 0.15) is 32.7 Å².